The van der Waals surface area contributed by atoms with E-state index in [0.29, 0.717) is 6.61 Å². The van der Waals surface area contributed by atoms with Crippen LogP contribution >= 0.6 is 0 Å². The van der Waals surface area contributed by atoms with Gasteiger partial charge >= 0.3 is 6.09 Å². The second kappa shape index (κ2) is 3.69. The van der Waals surface area contributed by atoms with Gasteiger partial charge in [-0.3, -0.25) is 0 Å². The van der Waals surface area contributed by atoms with E-state index in [1.165, 1.54) is 0 Å². The number of aromatic nitrogens is 2. The van der Waals surface area contributed by atoms with Crippen molar-refractivity contribution in [1.29, 1.82) is 0 Å². The molecule has 2 heterocycles. The fraction of sp³-hybridized carbons (Fsp3) is 0.556. The lowest BCUT2D eigenvalue weighted by Gasteiger charge is -2.02. The SMILES string of the molecule is CCn1cnc(CC2COC(=O)N2)c1. The molecule has 1 fully saturated rings. The zero-order valence-corrected chi connectivity index (χ0v) is 8.06. The van der Waals surface area contributed by atoms with Crippen molar-refractivity contribution in [2.75, 3.05) is 6.61 Å². The number of carbonyl (C=O) groups is 1. The van der Waals surface area contributed by atoms with Gasteiger partial charge in [0.15, 0.2) is 0 Å². The molecule has 1 unspecified atom stereocenters. The molecular weight excluding hydrogens is 182 g/mol. The van der Waals surface area contributed by atoms with Crippen LogP contribution in [0.2, 0.25) is 0 Å². The molecule has 1 saturated heterocycles. The van der Waals surface area contributed by atoms with Gasteiger partial charge in [-0.15, -0.1) is 0 Å². The van der Waals surface area contributed by atoms with Crippen LogP contribution in [-0.2, 0) is 17.7 Å². The smallest absolute Gasteiger partial charge is 0.407 e. The lowest BCUT2D eigenvalue weighted by Crippen LogP contribution is -2.28. The maximum Gasteiger partial charge on any atom is 0.407 e. The van der Waals surface area contributed by atoms with E-state index in [0.717, 1.165) is 18.7 Å². The number of hydrogen-bond donors (Lipinski definition) is 1. The van der Waals surface area contributed by atoms with Crippen LogP contribution in [0.5, 0.6) is 0 Å². The zero-order valence-electron chi connectivity index (χ0n) is 8.06. The Balaban J connectivity index is 1.93. The molecule has 0 radical (unpaired) electrons. The Labute approximate surface area is 82.1 Å². The number of aryl methyl sites for hydroxylation is 1. The van der Waals surface area contributed by atoms with Crippen molar-refractivity contribution in [1.82, 2.24) is 14.9 Å². The van der Waals surface area contributed by atoms with Gasteiger partial charge in [-0.2, -0.15) is 0 Å². The maximum atomic E-state index is 10.7. The number of rotatable bonds is 3. The normalized spacial score (nSPS) is 20.6. The Kier molecular flexibility index (Phi) is 2.39. The average molecular weight is 195 g/mol. The molecule has 1 amide bonds. The zero-order chi connectivity index (χ0) is 9.97. The molecule has 1 aromatic heterocycles. The van der Waals surface area contributed by atoms with Gasteiger partial charge in [-0.1, -0.05) is 0 Å². The van der Waals surface area contributed by atoms with Crippen molar-refractivity contribution in [3.63, 3.8) is 0 Å². The highest BCUT2D eigenvalue weighted by atomic mass is 16.6. The largest absolute Gasteiger partial charge is 0.447 e. The first-order valence-electron chi connectivity index (χ1n) is 4.72. The number of ether oxygens (including phenoxy) is 1. The topological polar surface area (TPSA) is 56.2 Å². The molecule has 14 heavy (non-hydrogen) atoms. The molecule has 0 saturated carbocycles. The van der Waals surface area contributed by atoms with Crippen molar-refractivity contribution < 1.29 is 9.53 Å². The highest BCUT2D eigenvalue weighted by molar-refractivity contribution is 5.69. The Morgan fingerprint density at radius 3 is 3.21 bits per heavy atom. The van der Waals surface area contributed by atoms with Gasteiger partial charge in [-0.25, -0.2) is 9.78 Å². The molecule has 5 heteroatoms. The number of carbonyl (C=O) groups excluding carboxylic acids is 1. The van der Waals surface area contributed by atoms with Gasteiger partial charge in [-0.05, 0) is 6.92 Å². The van der Waals surface area contributed by atoms with E-state index >= 15 is 0 Å². The van der Waals surface area contributed by atoms with Crippen molar-refractivity contribution in [3.05, 3.63) is 18.2 Å². The number of amides is 1. The number of nitrogens with one attached hydrogen (secondary N) is 1. The Bertz CT molecular complexity index is 335. The lowest BCUT2D eigenvalue weighted by atomic mass is 10.2. The van der Waals surface area contributed by atoms with Crippen LogP contribution in [0.25, 0.3) is 0 Å². The summed E-state index contributed by atoms with van der Waals surface area (Å²) in [6.45, 7) is 3.42. The molecule has 76 valence electrons. The molecule has 1 aliphatic rings. The molecule has 1 N–H and O–H groups in total. The van der Waals surface area contributed by atoms with Gasteiger partial charge in [0, 0.05) is 19.2 Å². The van der Waals surface area contributed by atoms with Crippen molar-refractivity contribution in [2.45, 2.75) is 25.9 Å². The van der Waals surface area contributed by atoms with Crippen LogP contribution in [0.3, 0.4) is 0 Å². The van der Waals surface area contributed by atoms with Gasteiger partial charge in [0.25, 0.3) is 0 Å². The summed E-state index contributed by atoms with van der Waals surface area (Å²) in [7, 11) is 0. The second-order valence-corrected chi connectivity index (χ2v) is 3.34. The van der Waals surface area contributed by atoms with Gasteiger partial charge < -0.3 is 14.6 Å². The number of imidazole rings is 1. The van der Waals surface area contributed by atoms with Gasteiger partial charge in [0.2, 0.25) is 0 Å². The Hall–Kier alpha value is -1.52. The second-order valence-electron chi connectivity index (χ2n) is 3.34. The first kappa shape index (κ1) is 9.05. The summed E-state index contributed by atoms with van der Waals surface area (Å²) in [4.78, 5) is 15.0. The summed E-state index contributed by atoms with van der Waals surface area (Å²) in [6.07, 6.45) is 4.20. The maximum absolute atomic E-state index is 10.7. The molecule has 0 bridgehead atoms. The fourth-order valence-electron chi connectivity index (χ4n) is 1.47. The minimum absolute atomic E-state index is 0.0720. The van der Waals surface area contributed by atoms with Crippen LogP contribution in [0.15, 0.2) is 12.5 Å². The molecular formula is C9H13N3O2. The Morgan fingerprint density at radius 2 is 2.64 bits per heavy atom. The number of hydrogen-bond acceptors (Lipinski definition) is 3. The summed E-state index contributed by atoms with van der Waals surface area (Å²) in [5, 5.41) is 2.72. The third-order valence-electron chi connectivity index (χ3n) is 2.24. The summed E-state index contributed by atoms with van der Waals surface area (Å²) in [5.74, 6) is 0. The third kappa shape index (κ3) is 1.86. The first-order chi connectivity index (χ1) is 6.78. The highest BCUT2D eigenvalue weighted by Crippen LogP contribution is 2.05. The summed E-state index contributed by atoms with van der Waals surface area (Å²) in [6, 6.07) is 0.0720. The van der Waals surface area contributed by atoms with Crippen LogP contribution in [0.4, 0.5) is 4.79 Å². The molecule has 0 spiro atoms. The third-order valence-corrected chi connectivity index (χ3v) is 2.24. The monoisotopic (exact) mass is 195 g/mol. The summed E-state index contributed by atoms with van der Waals surface area (Å²) < 4.78 is 6.79. The number of cyclic esters (lactones) is 1. The minimum atomic E-state index is -0.329. The highest BCUT2D eigenvalue weighted by Gasteiger charge is 2.22. The lowest BCUT2D eigenvalue weighted by molar-refractivity contribution is 0.177. The van der Waals surface area contributed by atoms with Crippen LogP contribution in [-0.4, -0.2) is 28.3 Å². The average Bonchev–Trinajstić information content (AvgIpc) is 2.76. The summed E-state index contributed by atoms with van der Waals surface area (Å²) in [5.41, 5.74) is 0.989. The molecule has 1 aromatic rings. The van der Waals surface area contributed by atoms with E-state index in [2.05, 4.69) is 17.2 Å². The number of alkyl carbamates (subject to hydrolysis) is 1. The standard InChI is InChI=1S/C9H13N3O2/c1-2-12-4-7(10-6-12)3-8-5-14-9(13)11-8/h4,6,8H,2-3,5H2,1H3,(H,11,13). The molecule has 2 rings (SSSR count). The van der Waals surface area contributed by atoms with E-state index in [4.69, 9.17) is 4.74 Å². The van der Waals surface area contributed by atoms with Gasteiger partial charge in [0.05, 0.1) is 18.1 Å². The molecule has 5 nitrogen and oxygen atoms in total. The van der Waals surface area contributed by atoms with Crippen molar-refractivity contribution >= 4 is 6.09 Å². The van der Waals surface area contributed by atoms with Crippen LogP contribution in [0, 0.1) is 0 Å². The van der Waals surface area contributed by atoms with E-state index in [1.807, 2.05) is 10.8 Å². The Morgan fingerprint density at radius 1 is 1.79 bits per heavy atom. The molecule has 0 aromatic carbocycles. The predicted octanol–water partition coefficient (Wildman–Crippen LogP) is 0.554. The minimum Gasteiger partial charge on any atom is -0.447 e. The van der Waals surface area contributed by atoms with E-state index in [1.54, 1.807) is 6.33 Å². The molecule has 0 aliphatic carbocycles. The van der Waals surface area contributed by atoms with Gasteiger partial charge in [0.1, 0.15) is 6.61 Å². The summed E-state index contributed by atoms with van der Waals surface area (Å²) >= 11 is 0. The first-order valence-corrected chi connectivity index (χ1v) is 4.72. The fourth-order valence-corrected chi connectivity index (χ4v) is 1.47. The van der Waals surface area contributed by atoms with E-state index in [9.17, 15) is 4.79 Å². The van der Waals surface area contributed by atoms with Crippen molar-refractivity contribution in [2.24, 2.45) is 0 Å². The van der Waals surface area contributed by atoms with E-state index < -0.39 is 0 Å². The molecule has 1 atom stereocenters. The van der Waals surface area contributed by atoms with E-state index in [-0.39, 0.29) is 12.1 Å². The quantitative estimate of drug-likeness (QED) is 0.766. The molecule has 1 aliphatic heterocycles. The van der Waals surface area contributed by atoms with Crippen LogP contribution < -0.4 is 5.32 Å². The van der Waals surface area contributed by atoms with Crippen LogP contribution in [0.1, 0.15) is 12.6 Å². The number of nitrogens with zero attached hydrogens (tertiary/aromatic N) is 2. The predicted molar refractivity (Wildman–Crippen MR) is 49.9 cm³/mol. The van der Waals surface area contributed by atoms with Crippen molar-refractivity contribution in [3.8, 4) is 0 Å².